The molecule has 0 aliphatic heterocycles. The van der Waals surface area contributed by atoms with Crippen molar-refractivity contribution in [2.24, 2.45) is 0 Å². The lowest BCUT2D eigenvalue weighted by molar-refractivity contribution is 0.106. The molecule has 0 radical (unpaired) electrons. The van der Waals surface area contributed by atoms with Crippen LogP contribution in [0.25, 0.3) is 0 Å². The number of sulfone groups is 1. The van der Waals surface area contributed by atoms with Crippen LogP contribution in [0, 0.1) is 0 Å². The molecule has 0 heterocycles. The van der Waals surface area contributed by atoms with Gasteiger partial charge < -0.3 is 10.1 Å². The quantitative estimate of drug-likeness (QED) is 0.862. The molecule has 2 unspecified atom stereocenters. The number of anilines is 1. The predicted octanol–water partition coefficient (Wildman–Crippen LogP) is 2.32. The van der Waals surface area contributed by atoms with Crippen molar-refractivity contribution in [3.8, 4) is 0 Å². The zero-order chi connectivity index (χ0) is 13.8. The van der Waals surface area contributed by atoms with Crippen molar-refractivity contribution in [3.63, 3.8) is 0 Å². The highest BCUT2D eigenvalue weighted by Gasteiger charge is 2.18. The first kappa shape index (κ1) is 15.0. The van der Waals surface area contributed by atoms with Gasteiger partial charge >= 0.3 is 0 Å². The van der Waals surface area contributed by atoms with Gasteiger partial charge in [0.2, 0.25) is 0 Å². The number of para-hydroxylation sites is 1. The molecule has 0 fully saturated rings. The minimum absolute atomic E-state index is 0.00221. The molecule has 1 aromatic rings. The lowest BCUT2D eigenvalue weighted by atomic mass is 10.2. The van der Waals surface area contributed by atoms with Crippen LogP contribution >= 0.6 is 0 Å². The Morgan fingerprint density at radius 2 is 1.89 bits per heavy atom. The molecule has 0 spiro atoms. The maximum absolute atomic E-state index is 12.0. The molecule has 0 bridgehead atoms. The Labute approximate surface area is 109 Å². The third-order valence-electron chi connectivity index (χ3n) is 3.06. The molecule has 102 valence electrons. The Balaban J connectivity index is 3.04. The molecule has 2 atom stereocenters. The average Bonchev–Trinajstić information content (AvgIpc) is 2.38. The van der Waals surface area contributed by atoms with Crippen LogP contribution in [0.1, 0.15) is 20.8 Å². The first-order chi connectivity index (χ1) is 8.42. The first-order valence-electron chi connectivity index (χ1n) is 6.03. The van der Waals surface area contributed by atoms with E-state index in [0.29, 0.717) is 10.6 Å². The van der Waals surface area contributed by atoms with Gasteiger partial charge in [0.1, 0.15) is 0 Å². The van der Waals surface area contributed by atoms with Gasteiger partial charge in [0.15, 0.2) is 9.84 Å². The summed E-state index contributed by atoms with van der Waals surface area (Å²) < 4.78 is 29.2. The van der Waals surface area contributed by atoms with Crippen molar-refractivity contribution in [1.82, 2.24) is 0 Å². The van der Waals surface area contributed by atoms with Crippen LogP contribution in [-0.2, 0) is 14.6 Å². The predicted molar refractivity (Wildman–Crippen MR) is 73.7 cm³/mol. The van der Waals surface area contributed by atoms with Gasteiger partial charge in [-0.2, -0.15) is 0 Å². The summed E-state index contributed by atoms with van der Waals surface area (Å²) in [4.78, 5) is 0.350. The van der Waals surface area contributed by atoms with Crippen LogP contribution in [0.15, 0.2) is 29.2 Å². The molecule has 1 N–H and O–H groups in total. The summed E-state index contributed by atoms with van der Waals surface area (Å²) in [5.74, 6) is 0.0971. The van der Waals surface area contributed by atoms with Crippen LogP contribution < -0.4 is 5.32 Å². The molecule has 5 heteroatoms. The van der Waals surface area contributed by atoms with Crippen LogP contribution in [0.3, 0.4) is 0 Å². The summed E-state index contributed by atoms with van der Waals surface area (Å²) in [7, 11) is -1.57. The van der Waals surface area contributed by atoms with Crippen LogP contribution in [0.4, 0.5) is 5.69 Å². The SMILES string of the molecule is CCS(=O)(=O)c1ccccc1NC(C)C(C)OC. The number of nitrogens with one attached hydrogen (secondary N) is 1. The molecule has 0 aliphatic carbocycles. The summed E-state index contributed by atoms with van der Waals surface area (Å²) in [6.45, 7) is 5.55. The molecule has 0 aliphatic rings. The molecule has 0 aromatic heterocycles. The Bertz CT molecular complexity index is 485. The maximum atomic E-state index is 12.0. The number of rotatable bonds is 6. The van der Waals surface area contributed by atoms with Gasteiger partial charge in [-0.1, -0.05) is 19.1 Å². The van der Waals surface area contributed by atoms with Crippen molar-refractivity contribution >= 4 is 15.5 Å². The van der Waals surface area contributed by atoms with E-state index in [1.165, 1.54) is 0 Å². The van der Waals surface area contributed by atoms with E-state index in [-0.39, 0.29) is 17.9 Å². The largest absolute Gasteiger partial charge is 0.380 e. The summed E-state index contributed by atoms with van der Waals surface area (Å²) in [5.41, 5.74) is 0.635. The van der Waals surface area contributed by atoms with E-state index in [9.17, 15) is 8.42 Å². The highest BCUT2D eigenvalue weighted by Crippen LogP contribution is 2.23. The zero-order valence-corrected chi connectivity index (χ0v) is 12.1. The first-order valence-corrected chi connectivity index (χ1v) is 7.68. The molecular weight excluding hydrogens is 250 g/mol. The number of benzene rings is 1. The van der Waals surface area contributed by atoms with E-state index in [2.05, 4.69) is 5.32 Å². The second-order valence-electron chi connectivity index (χ2n) is 4.27. The third kappa shape index (κ3) is 3.46. The summed E-state index contributed by atoms with van der Waals surface area (Å²) in [5, 5.41) is 3.20. The molecule has 0 amide bonds. The van der Waals surface area contributed by atoms with Gasteiger partial charge in [0.25, 0.3) is 0 Å². The van der Waals surface area contributed by atoms with E-state index < -0.39 is 9.84 Å². The Morgan fingerprint density at radius 3 is 2.44 bits per heavy atom. The molecule has 1 rings (SSSR count). The van der Waals surface area contributed by atoms with Crippen molar-refractivity contribution < 1.29 is 13.2 Å². The second kappa shape index (κ2) is 6.20. The lowest BCUT2D eigenvalue weighted by Gasteiger charge is -2.22. The topological polar surface area (TPSA) is 55.4 Å². The Kier molecular flexibility index (Phi) is 5.16. The Morgan fingerprint density at radius 1 is 1.28 bits per heavy atom. The van der Waals surface area contributed by atoms with E-state index in [4.69, 9.17) is 4.74 Å². The molecule has 0 saturated carbocycles. The Hall–Kier alpha value is -1.07. The molecule has 0 saturated heterocycles. The van der Waals surface area contributed by atoms with E-state index >= 15 is 0 Å². The van der Waals surface area contributed by atoms with Gasteiger partial charge in [-0.25, -0.2) is 8.42 Å². The number of ether oxygens (including phenoxy) is 1. The number of methoxy groups -OCH3 is 1. The number of hydrogen-bond acceptors (Lipinski definition) is 4. The fourth-order valence-corrected chi connectivity index (χ4v) is 2.64. The lowest BCUT2D eigenvalue weighted by Crippen LogP contribution is -2.30. The van der Waals surface area contributed by atoms with Crippen molar-refractivity contribution in [2.45, 2.75) is 37.8 Å². The second-order valence-corrected chi connectivity index (χ2v) is 6.52. The van der Waals surface area contributed by atoms with Gasteiger partial charge in [-0.05, 0) is 26.0 Å². The highest BCUT2D eigenvalue weighted by atomic mass is 32.2. The summed E-state index contributed by atoms with van der Waals surface area (Å²) >= 11 is 0. The van der Waals surface area contributed by atoms with Gasteiger partial charge in [0, 0.05) is 13.2 Å². The van der Waals surface area contributed by atoms with Crippen molar-refractivity contribution in [1.29, 1.82) is 0 Å². The van der Waals surface area contributed by atoms with Crippen molar-refractivity contribution in [3.05, 3.63) is 24.3 Å². The average molecular weight is 271 g/mol. The fraction of sp³-hybridized carbons (Fsp3) is 0.538. The standard InChI is InChI=1S/C13H21NO3S/c1-5-18(15,16)13-9-7-6-8-12(13)14-10(2)11(3)17-4/h6-11,14H,5H2,1-4H3. The van der Waals surface area contributed by atoms with Gasteiger partial charge in [0.05, 0.1) is 22.4 Å². The van der Waals surface area contributed by atoms with E-state index in [1.807, 2.05) is 19.9 Å². The van der Waals surface area contributed by atoms with Crippen LogP contribution in [0.2, 0.25) is 0 Å². The van der Waals surface area contributed by atoms with Gasteiger partial charge in [-0.3, -0.25) is 0 Å². The van der Waals surface area contributed by atoms with E-state index in [1.54, 1.807) is 32.2 Å². The van der Waals surface area contributed by atoms with Crippen LogP contribution in [0.5, 0.6) is 0 Å². The number of hydrogen-bond donors (Lipinski definition) is 1. The van der Waals surface area contributed by atoms with Gasteiger partial charge in [-0.15, -0.1) is 0 Å². The normalized spacial score (nSPS) is 15.1. The van der Waals surface area contributed by atoms with E-state index in [0.717, 1.165) is 0 Å². The minimum Gasteiger partial charge on any atom is -0.380 e. The summed E-state index contributed by atoms with van der Waals surface area (Å²) in [6.07, 6.45) is 0.00221. The third-order valence-corrected chi connectivity index (χ3v) is 4.85. The monoisotopic (exact) mass is 271 g/mol. The maximum Gasteiger partial charge on any atom is 0.180 e. The molecular formula is C13H21NO3S. The van der Waals surface area contributed by atoms with Crippen molar-refractivity contribution in [2.75, 3.05) is 18.2 Å². The zero-order valence-electron chi connectivity index (χ0n) is 11.3. The highest BCUT2D eigenvalue weighted by molar-refractivity contribution is 7.91. The molecule has 4 nitrogen and oxygen atoms in total. The van der Waals surface area contributed by atoms with Crippen LogP contribution in [-0.4, -0.2) is 33.4 Å². The summed E-state index contributed by atoms with van der Waals surface area (Å²) in [6, 6.07) is 7.00. The minimum atomic E-state index is -3.21. The molecule has 1 aromatic carbocycles. The fourth-order valence-electron chi connectivity index (χ4n) is 1.58. The smallest absolute Gasteiger partial charge is 0.180 e. The molecule has 18 heavy (non-hydrogen) atoms.